The average molecular weight is 185 g/mol. The maximum atomic E-state index is 2.44. The van der Waals surface area contributed by atoms with Crippen LogP contribution in [-0.2, 0) is 0 Å². The van der Waals surface area contributed by atoms with E-state index in [0.29, 0.717) is 6.29 Å². The van der Waals surface area contributed by atoms with Gasteiger partial charge in [-0.05, 0) is 27.6 Å². The first-order chi connectivity index (χ1) is 6.16. The Morgan fingerprint density at radius 1 is 1.23 bits per heavy atom. The van der Waals surface area contributed by atoms with Gasteiger partial charge in [0.15, 0.2) is 0 Å². The van der Waals surface area contributed by atoms with E-state index in [0.717, 1.165) is 0 Å². The number of nitrogens with zero attached hydrogens (tertiary/aromatic N) is 3. The number of hydrogen-bond acceptors (Lipinski definition) is 3. The summed E-state index contributed by atoms with van der Waals surface area (Å²) in [5.74, 6) is 0. The van der Waals surface area contributed by atoms with Crippen LogP contribution in [0.15, 0.2) is 0 Å². The van der Waals surface area contributed by atoms with Gasteiger partial charge in [0.1, 0.15) is 6.29 Å². The SMILES string of the molecule is CCCCN(C)C1N(C)CCN1C. The third kappa shape index (κ3) is 2.66. The second-order valence-electron chi connectivity index (χ2n) is 4.14. The number of likely N-dealkylation sites (N-methyl/N-ethyl adjacent to an activating group) is 2. The first kappa shape index (κ1) is 11.0. The molecule has 0 aromatic heterocycles. The lowest BCUT2D eigenvalue weighted by Crippen LogP contribution is -2.48. The van der Waals surface area contributed by atoms with E-state index in [4.69, 9.17) is 0 Å². The highest BCUT2D eigenvalue weighted by Gasteiger charge is 2.28. The summed E-state index contributed by atoms with van der Waals surface area (Å²) in [7, 11) is 6.63. The van der Waals surface area contributed by atoms with Crippen LogP contribution in [0.25, 0.3) is 0 Å². The fraction of sp³-hybridized carbons (Fsp3) is 1.00. The van der Waals surface area contributed by atoms with Gasteiger partial charge < -0.3 is 0 Å². The van der Waals surface area contributed by atoms with E-state index < -0.39 is 0 Å². The summed E-state index contributed by atoms with van der Waals surface area (Å²) in [5.41, 5.74) is 0. The second kappa shape index (κ2) is 4.94. The summed E-state index contributed by atoms with van der Waals surface area (Å²) < 4.78 is 0. The summed E-state index contributed by atoms with van der Waals surface area (Å²) >= 11 is 0. The predicted molar refractivity (Wildman–Crippen MR) is 56.6 cm³/mol. The number of hydrogen-bond donors (Lipinski definition) is 0. The molecule has 1 rings (SSSR count). The quantitative estimate of drug-likeness (QED) is 0.644. The van der Waals surface area contributed by atoms with Gasteiger partial charge in [-0.25, -0.2) is 0 Å². The highest BCUT2D eigenvalue weighted by atomic mass is 15.5. The molecule has 0 spiro atoms. The highest BCUT2D eigenvalue weighted by molar-refractivity contribution is 4.75. The van der Waals surface area contributed by atoms with Gasteiger partial charge in [0.05, 0.1) is 0 Å². The normalized spacial score (nSPS) is 21.9. The van der Waals surface area contributed by atoms with Crippen LogP contribution in [0.5, 0.6) is 0 Å². The third-order valence-electron chi connectivity index (χ3n) is 2.85. The summed E-state index contributed by atoms with van der Waals surface area (Å²) in [5, 5.41) is 0. The minimum Gasteiger partial charge on any atom is -0.279 e. The summed E-state index contributed by atoms with van der Waals surface area (Å²) in [4.78, 5) is 7.27. The summed E-state index contributed by atoms with van der Waals surface area (Å²) in [6, 6.07) is 0. The molecule has 1 saturated heterocycles. The van der Waals surface area contributed by atoms with Crippen molar-refractivity contribution in [3.8, 4) is 0 Å². The van der Waals surface area contributed by atoms with Crippen LogP contribution in [0.2, 0.25) is 0 Å². The van der Waals surface area contributed by atoms with Gasteiger partial charge in [-0.15, -0.1) is 0 Å². The fourth-order valence-corrected chi connectivity index (χ4v) is 2.08. The zero-order valence-electron chi connectivity index (χ0n) is 9.45. The molecular formula is C10H23N3. The molecule has 1 heterocycles. The molecule has 0 bridgehead atoms. The minimum absolute atomic E-state index is 0.520. The van der Waals surface area contributed by atoms with Crippen molar-refractivity contribution >= 4 is 0 Å². The molecule has 0 aromatic rings. The zero-order valence-corrected chi connectivity index (χ0v) is 9.45. The largest absolute Gasteiger partial charge is 0.279 e. The lowest BCUT2D eigenvalue weighted by molar-refractivity contribution is 0.0282. The summed E-state index contributed by atoms with van der Waals surface area (Å²) in [6.07, 6.45) is 3.10. The molecule has 0 unspecified atom stereocenters. The minimum atomic E-state index is 0.520. The van der Waals surface area contributed by atoms with Crippen LogP contribution < -0.4 is 0 Å². The van der Waals surface area contributed by atoms with Crippen molar-refractivity contribution in [1.29, 1.82) is 0 Å². The zero-order chi connectivity index (χ0) is 9.84. The van der Waals surface area contributed by atoms with E-state index in [1.165, 1.54) is 32.5 Å². The standard InChI is InChI=1S/C10H23N3/c1-5-6-7-11(2)10-12(3)8-9-13(10)4/h10H,5-9H2,1-4H3. The van der Waals surface area contributed by atoms with Crippen LogP contribution in [0.1, 0.15) is 19.8 Å². The van der Waals surface area contributed by atoms with Crippen molar-refractivity contribution in [3.63, 3.8) is 0 Å². The molecule has 0 saturated carbocycles. The molecule has 1 aliphatic heterocycles. The molecule has 3 nitrogen and oxygen atoms in total. The Bertz CT molecular complexity index is 139. The van der Waals surface area contributed by atoms with Gasteiger partial charge in [0.2, 0.25) is 0 Å². The maximum absolute atomic E-state index is 2.44. The van der Waals surface area contributed by atoms with Crippen molar-refractivity contribution in [2.45, 2.75) is 26.1 Å². The van der Waals surface area contributed by atoms with Gasteiger partial charge in [-0.1, -0.05) is 13.3 Å². The van der Waals surface area contributed by atoms with Crippen molar-refractivity contribution in [3.05, 3.63) is 0 Å². The molecule has 0 aliphatic carbocycles. The molecule has 0 radical (unpaired) electrons. The molecule has 0 atom stereocenters. The van der Waals surface area contributed by atoms with E-state index in [1.807, 2.05) is 0 Å². The van der Waals surface area contributed by atoms with Gasteiger partial charge >= 0.3 is 0 Å². The van der Waals surface area contributed by atoms with E-state index >= 15 is 0 Å². The molecule has 13 heavy (non-hydrogen) atoms. The molecule has 0 aromatic carbocycles. The van der Waals surface area contributed by atoms with Crippen molar-refractivity contribution < 1.29 is 0 Å². The third-order valence-corrected chi connectivity index (χ3v) is 2.85. The van der Waals surface area contributed by atoms with Crippen LogP contribution in [0.4, 0.5) is 0 Å². The molecule has 0 amide bonds. The molecule has 78 valence electrons. The van der Waals surface area contributed by atoms with Gasteiger partial charge in [-0.2, -0.15) is 0 Å². The van der Waals surface area contributed by atoms with Crippen LogP contribution >= 0.6 is 0 Å². The molecule has 1 aliphatic rings. The Kier molecular flexibility index (Phi) is 4.16. The topological polar surface area (TPSA) is 9.72 Å². The van der Waals surface area contributed by atoms with Crippen LogP contribution in [0, 0.1) is 0 Å². The average Bonchev–Trinajstić information content (AvgIpc) is 2.42. The van der Waals surface area contributed by atoms with E-state index in [2.05, 4.69) is 42.8 Å². The van der Waals surface area contributed by atoms with Crippen molar-refractivity contribution in [1.82, 2.24) is 14.7 Å². The first-order valence-corrected chi connectivity index (χ1v) is 5.27. The van der Waals surface area contributed by atoms with E-state index in [-0.39, 0.29) is 0 Å². The van der Waals surface area contributed by atoms with Gasteiger partial charge in [0, 0.05) is 19.6 Å². The first-order valence-electron chi connectivity index (χ1n) is 5.27. The predicted octanol–water partition coefficient (Wildman–Crippen LogP) is 0.879. The van der Waals surface area contributed by atoms with Gasteiger partial charge in [0.25, 0.3) is 0 Å². The highest BCUT2D eigenvalue weighted by Crippen LogP contribution is 2.13. The number of rotatable bonds is 4. The van der Waals surface area contributed by atoms with E-state index in [9.17, 15) is 0 Å². The number of unbranched alkanes of at least 4 members (excludes halogenated alkanes) is 1. The maximum Gasteiger partial charge on any atom is 0.118 e. The Labute approximate surface area is 82.3 Å². The monoisotopic (exact) mass is 185 g/mol. The lowest BCUT2D eigenvalue weighted by Gasteiger charge is -2.33. The second-order valence-corrected chi connectivity index (χ2v) is 4.14. The van der Waals surface area contributed by atoms with Crippen LogP contribution in [0.3, 0.4) is 0 Å². The lowest BCUT2D eigenvalue weighted by atomic mass is 10.3. The molecule has 1 fully saturated rings. The van der Waals surface area contributed by atoms with Gasteiger partial charge in [-0.3, -0.25) is 14.7 Å². The summed E-state index contributed by atoms with van der Waals surface area (Å²) in [6.45, 7) is 5.83. The molecule has 3 heteroatoms. The smallest absolute Gasteiger partial charge is 0.118 e. The Balaban J connectivity index is 2.39. The van der Waals surface area contributed by atoms with Crippen molar-refractivity contribution in [2.75, 3.05) is 40.8 Å². The molecule has 0 N–H and O–H groups in total. The Hall–Kier alpha value is -0.120. The Morgan fingerprint density at radius 2 is 1.77 bits per heavy atom. The fourth-order valence-electron chi connectivity index (χ4n) is 2.08. The molecular weight excluding hydrogens is 162 g/mol. The van der Waals surface area contributed by atoms with E-state index in [1.54, 1.807) is 0 Å². The van der Waals surface area contributed by atoms with Crippen LogP contribution in [-0.4, -0.2) is 61.8 Å². The van der Waals surface area contributed by atoms with Crippen molar-refractivity contribution in [2.24, 2.45) is 0 Å². The Morgan fingerprint density at radius 3 is 2.23 bits per heavy atom.